The molecule has 25 heavy (non-hydrogen) atoms. The zero-order valence-corrected chi connectivity index (χ0v) is 14.7. The van der Waals surface area contributed by atoms with Gasteiger partial charge < -0.3 is 0 Å². The Morgan fingerprint density at radius 1 is 0.920 bits per heavy atom. The van der Waals surface area contributed by atoms with Crippen LogP contribution in [0.25, 0.3) is 0 Å². The molecule has 0 spiro atoms. The number of hydrogen-bond acceptors (Lipinski definition) is 3. The number of rotatable bonds is 4. The fourth-order valence-corrected chi connectivity index (χ4v) is 3.48. The minimum absolute atomic E-state index is 0.879. The number of benzene rings is 2. The Morgan fingerprint density at radius 2 is 1.72 bits per heavy atom. The average molecular weight is 329 g/mol. The van der Waals surface area contributed by atoms with Gasteiger partial charge in [-0.2, -0.15) is 0 Å². The second-order valence-corrected chi connectivity index (χ2v) is 6.85. The smallest absolute Gasteiger partial charge is 0.115 e. The molecule has 126 valence electrons. The first-order valence-electron chi connectivity index (χ1n) is 8.91. The summed E-state index contributed by atoms with van der Waals surface area (Å²) in [6.45, 7) is 5.10. The lowest BCUT2D eigenvalue weighted by atomic mass is 9.98. The molecule has 3 nitrogen and oxygen atoms in total. The van der Waals surface area contributed by atoms with Gasteiger partial charge in [-0.25, -0.2) is 9.97 Å². The molecular weight excluding hydrogens is 306 g/mol. The van der Waals surface area contributed by atoms with Crippen LogP contribution in [-0.2, 0) is 25.9 Å². The Hall–Kier alpha value is -2.52. The van der Waals surface area contributed by atoms with Crippen LogP contribution in [0.2, 0.25) is 0 Å². The second-order valence-electron chi connectivity index (χ2n) is 6.85. The van der Waals surface area contributed by atoms with Gasteiger partial charge in [0, 0.05) is 43.7 Å². The molecule has 1 aliphatic heterocycles. The third-order valence-electron chi connectivity index (χ3n) is 4.91. The van der Waals surface area contributed by atoms with E-state index in [0.29, 0.717) is 0 Å². The van der Waals surface area contributed by atoms with Crippen LogP contribution in [-0.4, -0.2) is 21.4 Å². The summed E-state index contributed by atoms with van der Waals surface area (Å²) in [6.07, 6.45) is 3.62. The van der Waals surface area contributed by atoms with Crippen molar-refractivity contribution in [1.29, 1.82) is 0 Å². The van der Waals surface area contributed by atoms with E-state index in [2.05, 4.69) is 76.4 Å². The summed E-state index contributed by atoms with van der Waals surface area (Å²) in [4.78, 5) is 11.7. The van der Waals surface area contributed by atoms with Crippen LogP contribution in [0.15, 0.2) is 60.9 Å². The van der Waals surface area contributed by atoms with Crippen LogP contribution < -0.4 is 0 Å². The minimum Gasteiger partial charge on any atom is -0.294 e. The highest BCUT2D eigenvalue weighted by Gasteiger charge is 2.21. The molecule has 2 heterocycles. The first kappa shape index (κ1) is 16.0. The maximum absolute atomic E-state index is 4.61. The molecule has 3 heteroatoms. The molecule has 0 fully saturated rings. The van der Waals surface area contributed by atoms with E-state index >= 15 is 0 Å². The molecule has 2 aromatic carbocycles. The van der Waals surface area contributed by atoms with E-state index < -0.39 is 0 Å². The van der Waals surface area contributed by atoms with E-state index in [1.165, 1.54) is 33.6 Å². The van der Waals surface area contributed by atoms with Gasteiger partial charge in [0.05, 0.1) is 5.69 Å². The first-order chi connectivity index (χ1) is 12.3. The molecule has 0 radical (unpaired) electrons. The highest BCUT2D eigenvalue weighted by Crippen LogP contribution is 2.23. The number of hydrogen-bond donors (Lipinski definition) is 0. The molecule has 0 amide bonds. The monoisotopic (exact) mass is 329 g/mol. The number of nitrogens with zero attached hydrogens (tertiary/aromatic N) is 3. The molecule has 0 saturated carbocycles. The van der Waals surface area contributed by atoms with E-state index in [-0.39, 0.29) is 0 Å². The van der Waals surface area contributed by atoms with E-state index in [0.717, 1.165) is 32.5 Å². The van der Waals surface area contributed by atoms with Crippen molar-refractivity contribution in [3.05, 3.63) is 94.6 Å². The molecule has 0 atom stereocenters. The highest BCUT2D eigenvalue weighted by atomic mass is 15.1. The molecule has 0 unspecified atom stereocenters. The van der Waals surface area contributed by atoms with Gasteiger partial charge in [0.15, 0.2) is 0 Å². The number of fused-ring (bicyclic) bond motifs is 1. The van der Waals surface area contributed by atoms with Gasteiger partial charge in [-0.3, -0.25) is 4.90 Å². The second kappa shape index (κ2) is 7.16. The maximum atomic E-state index is 4.61. The summed E-state index contributed by atoms with van der Waals surface area (Å²) in [5.41, 5.74) is 7.69. The summed E-state index contributed by atoms with van der Waals surface area (Å²) in [5, 5.41) is 0. The average Bonchev–Trinajstić information content (AvgIpc) is 2.65. The van der Waals surface area contributed by atoms with E-state index in [4.69, 9.17) is 0 Å². The quantitative estimate of drug-likeness (QED) is 0.726. The Bertz CT molecular complexity index is 841. The lowest BCUT2D eigenvalue weighted by molar-refractivity contribution is 0.242. The van der Waals surface area contributed by atoms with Crippen molar-refractivity contribution in [2.75, 3.05) is 6.54 Å². The van der Waals surface area contributed by atoms with Gasteiger partial charge in [0.1, 0.15) is 6.33 Å². The SMILES string of the molecule is Cc1ccc(Cc2ncnc3c2CN(Cc2ccccc2)CC3)cc1. The third kappa shape index (κ3) is 3.77. The van der Waals surface area contributed by atoms with Crippen molar-refractivity contribution >= 4 is 0 Å². The fraction of sp³-hybridized carbons (Fsp3) is 0.273. The van der Waals surface area contributed by atoms with Crippen LogP contribution in [0, 0.1) is 6.92 Å². The maximum Gasteiger partial charge on any atom is 0.115 e. The van der Waals surface area contributed by atoms with Gasteiger partial charge in [0.2, 0.25) is 0 Å². The standard InChI is InChI=1S/C22H23N3/c1-17-7-9-18(10-8-17)13-22-20-15-25(12-11-21(20)23-16-24-22)14-19-5-3-2-4-6-19/h2-10,16H,11-15H2,1H3. The fourth-order valence-electron chi connectivity index (χ4n) is 3.48. The van der Waals surface area contributed by atoms with Crippen molar-refractivity contribution < 1.29 is 0 Å². The Morgan fingerprint density at radius 3 is 2.52 bits per heavy atom. The highest BCUT2D eigenvalue weighted by molar-refractivity contribution is 5.33. The largest absolute Gasteiger partial charge is 0.294 e. The van der Waals surface area contributed by atoms with Crippen LogP contribution in [0.1, 0.15) is 33.6 Å². The van der Waals surface area contributed by atoms with Crippen molar-refractivity contribution in [2.45, 2.75) is 32.9 Å². The Labute approximate surface area is 149 Å². The lowest BCUT2D eigenvalue weighted by Crippen LogP contribution is -2.31. The first-order valence-corrected chi connectivity index (χ1v) is 8.91. The van der Waals surface area contributed by atoms with Crippen molar-refractivity contribution in [2.24, 2.45) is 0 Å². The van der Waals surface area contributed by atoms with E-state index in [1.807, 2.05) is 0 Å². The lowest BCUT2D eigenvalue weighted by Gasteiger charge is -2.29. The summed E-state index contributed by atoms with van der Waals surface area (Å²) in [7, 11) is 0. The van der Waals surface area contributed by atoms with Crippen molar-refractivity contribution in [3.63, 3.8) is 0 Å². The van der Waals surface area contributed by atoms with Gasteiger partial charge in [-0.15, -0.1) is 0 Å². The molecule has 4 rings (SSSR count). The van der Waals surface area contributed by atoms with Gasteiger partial charge >= 0.3 is 0 Å². The predicted molar refractivity (Wildman–Crippen MR) is 100 cm³/mol. The normalized spacial score (nSPS) is 14.3. The zero-order valence-electron chi connectivity index (χ0n) is 14.7. The Kier molecular flexibility index (Phi) is 4.57. The summed E-state index contributed by atoms with van der Waals surface area (Å²) >= 11 is 0. The molecule has 0 bridgehead atoms. The van der Waals surface area contributed by atoms with E-state index in [9.17, 15) is 0 Å². The summed E-state index contributed by atoms with van der Waals surface area (Å²) < 4.78 is 0. The third-order valence-corrected chi connectivity index (χ3v) is 4.91. The molecule has 3 aromatic rings. The molecule has 0 N–H and O–H groups in total. The van der Waals surface area contributed by atoms with E-state index in [1.54, 1.807) is 6.33 Å². The number of aryl methyl sites for hydroxylation is 1. The van der Waals surface area contributed by atoms with Crippen molar-refractivity contribution in [3.8, 4) is 0 Å². The van der Waals surface area contributed by atoms with Gasteiger partial charge in [-0.1, -0.05) is 60.2 Å². The molecule has 1 aliphatic rings. The molecule has 0 aliphatic carbocycles. The Balaban J connectivity index is 1.55. The predicted octanol–water partition coefficient (Wildman–Crippen LogP) is 3.93. The van der Waals surface area contributed by atoms with Crippen molar-refractivity contribution in [1.82, 2.24) is 14.9 Å². The van der Waals surface area contributed by atoms with Crippen LogP contribution in [0.5, 0.6) is 0 Å². The van der Waals surface area contributed by atoms with Crippen LogP contribution >= 0.6 is 0 Å². The zero-order chi connectivity index (χ0) is 17.1. The van der Waals surface area contributed by atoms with Gasteiger partial charge in [-0.05, 0) is 18.1 Å². The topological polar surface area (TPSA) is 29.0 Å². The minimum atomic E-state index is 0.879. The molecule has 0 saturated heterocycles. The summed E-state index contributed by atoms with van der Waals surface area (Å²) in [5.74, 6) is 0. The van der Waals surface area contributed by atoms with Gasteiger partial charge in [0.25, 0.3) is 0 Å². The molecular formula is C22H23N3. The summed E-state index contributed by atoms with van der Waals surface area (Å²) in [6, 6.07) is 19.4. The molecule has 1 aromatic heterocycles. The van der Waals surface area contributed by atoms with Crippen LogP contribution in [0.3, 0.4) is 0 Å². The van der Waals surface area contributed by atoms with Crippen LogP contribution in [0.4, 0.5) is 0 Å². The number of aromatic nitrogens is 2.